The summed E-state index contributed by atoms with van der Waals surface area (Å²) in [7, 11) is 1.89. The Hall–Kier alpha value is -1.43. The van der Waals surface area contributed by atoms with E-state index in [4.69, 9.17) is 17.4 Å². The van der Waals surface area contributed by atoms with E-state index >= 15 is 0 Å². The van der Waals surface area contributed by atoms with Crippen LogP contribution in [0.25, 0.3) is 0 Å². The Labute approximate surface area is 98.2 Å². The van der Waals surface area contributed by atoms with Crippen molar-refractivity contribution in [2.75, 3.05) is 0 Å². The summed E-state index contributed by atoms with van der Waals surface area (Å²) in [6.45, 7) is 0. The Morgan fingerprint density at radius 3 is 2.81 bits per heavy atom. The van der Waals surface area contributed by atoms with Crippen LogP contribution in [0.4, 0.5) is 0 Å². The van der Waals surface area contributed by atoms with E-state index in [2.05, 4.69) is 15.4 Å². The maximum atomic E-state index is 6.07. The maximum absolute atomic E-state index is 6.07. The summed E-state index contributed by atoms with van der Waals surface area (Å²) in [5.41, 5.74) is 3.34. The minimum absolute atomic E-state index is 0.311. The highest BCUT2D eigenvalue weighted by molar-refractivity contribution is 6.31. The van der Waals surface area contributed by atoms with Crippen LogP contribution in [0.15, 0.2) is 30.7 Å². The molecule has 84 valence electrons. The van der Waals surface area contributed by atoms with Crippen LogP contribution in [-0.4, -0.2) is 14.5 Å². The lowest BCUT2D eigenvalue weighted by atomic mass is 10.2. The number of hydrogen-bond acceptors (Lipinski definition) is 4. The number of pyridine rings is 1. The lowest BCUT2D eigenvalue weighted by Crippen LogP contribution is -2.31. The molecule has 0 aliphatic heterocycles. The third-order valence-electron chi connectivity index (χ3n) is 2.34. The Morgan fingerprint density at radius 1 is 1.44 bits per heavy atom. The van der Waals surface area contributed by atoms with E-state index in [-0.39, 0.29) is 6.04 Å². The average molecular weight is 238 g/mol. The first kappa shape index (κ1) is 11.1. The fourth-order valence-electron chi connectivity index (χ4n) is 1.54. The average Bonchev–Trinajstić information content (AvgIpc) is 2.69. The molecule has 3 N–H and O–H groups in total. The molecule has 0 fully saturated rings. The summed E-state index contributed by atoms with van der Waals surface area (Å²) in [6.07, 6.45) is 5.22. The van der Waals surface area contributed by atoms with Crippen LogP contribution in [0.3, 0.4) is 0 Å². The number of rotatable bonds is 3. The van der Waals surface area contributed by atoms with Gasteiger partial charge in [0, 0.05) is 25.6 Å². The van der Waals surface area contributed by atoms with Crippen molar-refractivity contribution in [3.8, 4) is 0 Å². The molecule has 0 aliphatic carbocycles. The van der Waals surface area contributed by atoms with Crippen LogP contribution in [0.2, 0.25) is 5.02 Å². The van der Waals surface area contributed by atoms with Crippen molar-refractivity contribution in [2.45, 2.75) is 6.04 Å². The van der Waals surface area contributed by atoms with E-state index in [0.717, 1.165) is 5.82 Å². The fourth-order valence-corrected chi connectivity index (χ4v) is 1.77. The van der Waals surface area contributed by atoms with Crippen molar-refractivity contribution in [3.05, 3.63) is 47.3 Å². The molecule has 0 amide bonds. The molecule has 6 heteroatoms. The zero-order chi connectivity index (χ0) is 11.5. The SMILES string of the molecule is Cn1ccnc1C(NN)c1ncccc1Cl. The Kier molecular flexibility index (Phi) is 3.19. The van der Waals surface area contributed by atoms with E-state index in [1.54, 1.807) is 24.5 Å². The molecule has 1 unspecified atom stereocenters. The number of nitrogens with two attached hydrogens (primary N) is 1. The van der Waals surface area contributed by atoms with Crippen LogP contribution in [0.1, 0.15) is 17.6 Å². The Balaban J connectivity index is 2.45. The normalized spacial score (nSPS) is 12.7. The summed E-state index contributed by atoms with van der Waals surface area (Å²) in [6, 6.07) is 3.24. The lowest BCUT2D eigenvalue weighted by molar-refractivity contribution is 0.567. The van der Waals surface area contributed by atoms with Gasteiger partial charge in [0.05, 0.1) is 10.7 Å². The molecule has 0 aliphatic rings. The minimum atomic E-state index is -0.311. The molecule has 0 bridgehead atoms. The topological polar surface area (TPSA) is 68.8 Å². The van der Waals surface area contributed by atoms with Crippen molar-refractivity contribution in [3.63, 3.8) is 0 Å². The number of nitrogens with zero attached hydrogens (tertiary/aromatic N) is 3. The van der Waals surface area contributed by atoms with E-state index in [9.17, 15) is 0 Å². The summed E-state index contributed by atoms with van der Waals surface area (Å²) in [4.78, 5) is 8.45. The van der Waals surface area contributed by atoms with Gasteiger partial charge >= 0.3 is 0 Å². The van der Waals surface area contributed by atoms with E-state index < -0.39 is 0 Å². The number of halogens is 1. The van der Waals surface area contributed by atoms with Crippen LogP contribution in [0.5, 0.6) is 0 Å². The Bertz CT molecular complexity index is 482. The van der Waals surface area contributed by atoms with Crippen molar-refractivity contribution >= 4 is 11.6 Å². The number of imidazole rings is 1. The number of nitrogens with one attached hydrogen (secondary N) is 1. The van der Waals surface area contributed by atoms with Crippen LogP contribution in [-0.2, 0) is 7.05 Å². The highest BCUT2D eigenvalue weighted by Crippen LogP contribution is 2.23. The van der Waals surface area contributed by atoms with Gasteiger partial charge in [-0.3, -0.25) is 10.8 Å². The molecule has 2 heterocycles. The third kappa shape index (κ3) is 1.92. The van der Waals surface area contributed by atoms with Gasteiger partial charge in [0.15, 0.2) is 0 Å². The van der Waals surface area contributed by atoms with Gasteiger partial charge in [-0.05, 0) is 12.1 Å². The minimum Gasteiger partial charge on any atom is -0.336 e. The van der Waals surface area contributed by atoms with Crippen molar-refractivity contribution in [1.82, 2.24) is 20.0 Å². The molecule has 5 nitrogen and oxygen atoms in total. The molecular formula is C10H12ClN5. The molecule has 2 aromatic heterocycles. The number of aromatic nitrogens is 3. The zero-order valence-corrected chi connectivity index (χ0v) is 9.52. The highest BCUT2D eigenvalue weighted by Gasteiger charge is 2.20. The summed E-state index contributed by atoms with van der Waals surface area (Å²) >= 11 is 6.07. The van der Waals surface area contributed by atoms with Gasteiger partial charge in [0.1, 0.15) is 11.9 Å². The maximum Gasteiger partial charge on any atom is 0.133 e. The van der Waals surface area contributed by atoms with Gasteiger partial charge in [-0.25, -0.2) is 10.4 Å². The van der Waals surface area contributed by atoms with Gasteiger partial charge in [0.25, 0.3) is 0 Å². The van der Waals surface area contributed by atoms with Crippen molar-refractivity contribution < 1.29 is 0 Å². The standard InChI is InChI=1S/C10H12ClN5/c1-16-6-5-14-10(16)9(15-12)8-7(11)3-2-4-13-8/h2-6,9,15H,12H2,1H3. The van der Waals surface area contributed by atoms with Gasteiger partial charge in [0.2, 0.25) is 0 Å². The number of hydrogen-bond donors (Lipinski definition) is 2. The molecule has 0 aromatic carbocycles. The first-order valence-corrected chi connectivity index (χ1v) is 5.15. The number of aryl methyl sites for hydroxylation is 1. The van der Waals surface area contributed by atoms with Crippen molar-refractivity contribution in [2.24, 2.45) is 12.9 Å². The van der Waals surface area contributed by atoms with Crippen molar-refractivity contribution in [1.29, 1.82) is 0 Å². The highest BCUT2D eigenvalue weighted by atomic mass is 35.5. The molecule has 0 saturated heterocycles. The first-order valence-electron chi connectivity index (χ1n) is 4.77. The van der Waals surface area contributed by atoms with E-state index in [0.29, 0.717) is 10.7 Å². The second kappa shape index (κ2) is 4.61. The smallest absolute Gasteiger partial charge is 0.133 e. The molecular weight excluding hydrogens is 226 g/mol. The molecule has 0 spiro atoms. The summed E-state index contributed by atoms with van der Waals surface area (Å²) in [5.74, 6) is 6.30. The van der Waals surface area contributed by atoms with Gasteiger partial charge in [-0.15, -0.1) is 0 Å². The second-order valence-corrected chi connectivity index (χ2v) is 3.77. The van der Waals surface area contributed by atoms with Gasteiger partial charge in [-0.2, -0.15) is 0 Å². The summed E-state index contributed by atoms with van der Waals surface area (Å²) in [5, 5.41) is 0.563. The van der Waals surface area contributed by atoms with Crippen LogP contribution in [0, 0.1) is 0 Å². The predicted molar refractivity (Wildman–Crippen MR) is 61.6 cm³/mol. The van der Waals surface area contributed by atoms with Gasteiger partial charge in [-0.1, -0.05) is 11.6 Å². The Morgan fingerprint density at radius 2 is 2.25 bits per heavy atom. The zero-order valence-electron chi connectivity index (χ0n) is 8.76. The second-order valence-electron chi connectivity index (χ2n) is 3.37. The molecule has 2 aromatic rings. The predicted octanol–water partition coefficient (Wildman–Crippen LogP) is 1.02. The molecule has 0 radical (unpaired) electrons. The third-order valence-corrected chi connectivity index (χ3v) is 2.66. The molecule has 16 heavy (non-hydrogen) atoms. The molecule has 0 saturated carbocycles. The monoisotopic (exact) mass is 237 g/mol. The molecule has 1 atom stereocenters. The molecule has 2 rings (SSSR count). The fraction of sp³-hybridized carbons (Fsp3) is 0.200. The van der Waals surface area contributed by atoms with Crippen LogP contribution < -0.4 is 11.3 Å². The van der Waals surface area contributed by atoms with E-state index in [1.807, 2.05) is 17.8 Å². The van der Waals surface area contributed by atoms with Gasteiger partial charge < -0.3 is 4.57 Å². The first-order chi connectivity index (χ1) is 7.74. The van der Waals surface area contributed by atoms with Crippen LogP contribution >= 0.6 is 11.6 Å². The quantitative estimate of drug-likeness (QED) is 0.618. The largest absolute Gasteiger partial charge is 0.336 e. The number of hydrazine groups is 1. The lowest BCUT2D eigenvalue weighted by Gasteiger charge is -2.16. The summed E-state index contributed by atoms with van der Waals surface area (Å²) < 4.78 is 1.87. The van der Waals surface area contributed by atoms with E-state index in [1.165, 1.54) is 0 Å².